The van der Waals surface area contributed by atoms with Crippen LogP contribution >= 0.6 is 23.5 Å². The molecule has 0 radical (unpaired) electrons. The molecule has 0 aromatic carbocycles. The lowest BCUT2D eigenvalue weighted by Crippen LogP contribution is -2.19. The van der Waals surface area contributed by atoms with E-state index in [0.717, 1.165) is 11.2 Å². The highest BCUT2D eigenvalue weighted by molar-refractivity contribution is 7.99. The van der Waals surface area contributed by atoms with E-state index >= 15 is 0 Å². The van der Waals surface area contributed by atoms with E-state index in [-0.39, 0.29) is 0 Å². The third kappa shape index (κ3) is 2.25. The predicted octanol–water partition coefficient (Wildman–Crippen LogP) is 3.72. The van der Waals surface area contributed by atoms with Gasteiger partial charge in [-0.2, -0.15) is 23.5 Å². The first-order valence-electron chi connectivity index (χ1n) is 7.42. The molecule has 2 aromatic heterocycles. The molecule has 4 rings (SSSR count). The van der Waals surface area contributed by atoms with Crippen molar-refractivity contribution in [3.63, 3.8) is 0 Å². The van der Waals surface area contributed by atoms with Crippen molar-refractivity contribution >= 4 is 34.7 Å². The van der Waals surface area contributed by atoms with Gasteiger partial charge in [-0.05, 0) is 48.7 Å². The number of hydrogen-bond donors (Lipinski definition) is 0. The Bertz CT molecular complexity index is 598. The van der Waals surface area contributed by atoms with Crippen LogP contribution in [0.4, 0.5) is 0 Å². The Morgan fingerprint density at radius 3 is 2.75 bits per heavy atom. The number of hydrogen-bond acceptors (Lipinski definition) is 4. The van der Waals surface area contributed by atoms with Crippen LogP contribution < -0.4 is 0 Å². The van der Waals surface area contributed by atoms with Crippen LogP contribution in [0.5, 0.6) is 0 Å². The SMILES string of the molecule is c1cnc2c(c1)nc(C1CCSC1)n2C1CCSCC1. The molecule has 20 heavy (non-hydrogen) atoms. The number of aromatic nitrogens is 3. The van der Waals surface area contributed by atoms with Gasteiger partial charge in [0.1, 0.15) is 11.3 Å². The molecular weight excluding hydrogens is 286 g/mol. The summed E-state index contributed by atoms with van der Waals surface area (Å²) < 4.78 is 2.49. The van der Waals surface area contributed by atoms with Crippen molar-refractivity contribution in [1.29, 1.82) is 0 Å². The van der Waals surface area contributed by atoms with Crippen LogP contribution in [0.2, 0.25) is 0 Å². The second-order valence-electron chi connectivity index (χ2n) is 5.59. The quantitative estimate of drug-likeness (QED) is 0.846. The van der Waals surface area contributed by atoms with Gasteiger partial charge in [0.25, 0.3) is 0 Å². The van der Waals surface area contributed by atoms with Gasteiger partial charge in [-0.15, -0.1) is 0 Å². The normalized spacial score (nSPS) is 24.5. The monoisotopic (exact) mass is 305 g/mol. The molecule has 2 saturated heterocycles. The van der Waals surface area contributed by atoms with Crippen LogP contribution in [-0.4, -0.2) is 37.5 Å². The number of thioether (sulfide) groups is 2. The zero-order chi connectivity index (χ0) is 13.4. The van der Waals surface area contributed by atoms with Gasteiger partial charge in [0.05, 0.1) is 0 Å². The van der Waals surface area contributed by atoms with E-state index in [1.807, 2.05) is 12.3 Å². The molecular formula is C15H19N3S2. The molecule has 0 bridgehead atoms. The molecule has 1 unspecified atom stereocenters. The van der Waals surface area contributed by atoms with Gasteiger partial charge < -0.3 is 4.57 Å². The Kier molecular flexibility index (Phi) is 3.65. The van der Waals surface area contributed by atoms with Crippen molar-refractivity contribution in [3.05, 3.63) is 24.2 Å². The van der Waals surface area contributed by atoms with Gasteiger partial charge in [0, 0.05) is 23.9 Å². The van der Waals surface area contributed by atoms with Gasteiger partial charge in [-0.3, -0.25) is 0 Å². The van der Waals surface area contributed by atoms with E-state index in [0.29, 0.717) is 12.0 Å². The molecule has 2 aliphatic rings. The average molecular weight is 305 g/mol. The standard InChI is InChI=1S/C15H19N3S2/c1-2-13-15(16-6-1)18(12-4-8-19-9-5-12)14(17-13)11-3-7-20-10-11/h1-2,6,11-12H,3-5,7-10H2. The Morgan fingerprint density at radius 2 is 1.95 bits per heavy atom. The molecule has 106 valence electrons. The molecule has 0 N–H and O–H groups in total. The van der Waals surface area contributed by atoms with Crippen molar-refractivity contribution < 1.29 is 0 Å². The summed E-state index contributed by atoms with van der Waals surface area (Å²) in [5.74, 6) is 6.99. The number of rotatable bonds is 2. The first kappa shape index (κ1) is 13.0. The smallest absolute Gasteiger partial charge is 0.160 e. The van der Waals surface area contributed by atoms with E-state index in [9.17, 15) is 0 Å². The molecule has 4 heterocycles. The fraction of sp³-hybridized carbons (Fsp3) is 0.600. The Labute approximate surface area is 127 Å². The topological polar surface area (TPSA) is 30.7 Å². The summed E-state index contributed by atoms with van der Waals surface area (Å²) in [4.78, 5) is 9.59. The van der Waals surface area contributed by atoms with Crippen molar-refractivity contribution in [3.8, 4) is 0 Å². The number of fused-ring (bicyclic) bond motifs is 1. The maximum Gasteiger partial charge on any atom is 0.160 e. The van der Waals surface area contributed by atoms with Gasteiger partial charge >= 0.3 is 0 Å². The molecule has 0 spiro atoms. The van der Waals surface area contributed by atoms with Crippen LogP contribution in [0, 0.1) is 0 Å². The second kappa shape index (κ2) is 5.60. The molecule has 2 aliphatic heterocycles. The summed E-state index contributed by atoms with van der Waals surface area (Å²) in [5, 5.41) is 0. The largest absolute Gasteiger partial charge is 0.309 e. The van der Waals surface area contributed by atoms with Gasteiger partial charge in [0.2, 0.25) is 0 Å². The summed E-state index contributed by atoms with van der Waals surface area (Å²) >= 11 is 4.15. The maximum atomic E-state index is 4.95. The minimum Gasteiger partial charge on any atom is -0.309 e. The second-order valence-corrected chi connectivity index (χ2v) is 7.96. The highest BCUT2D eigenvalue weighted by Crippen LogP contribution is 2.37. The van der Waals surface area contributed by atoms with E-state index in [4.69, 9.17) is 4.98 Å². The van der Waals surface area contributed by atoms with E-state index in [1.54, 1.807) is 0 Å². The summed E-state index contributed by atoms with van der Waals surface area (Å²) in [6, 6.07) is 4.72. The van der Waals surface area contributed by atoms with Crippen LogP contribution in [-0.2, 0) is 0 Å². The predicted molar refractivity (Wildman–Crippen MR) is 87.8 cm³/mol. The van der Waals surface area contributed by atoms with Gasteiger partial charge in [-0.1, -0.05) is 0 Å². The van der Waals surface area contributed by atoms with E-state index in [1.165, 1.54) is 48.1 Å². The fourth-order valence-corrected chi connectivity index (χ4v) is 5.58. The maximum absolute atomic E-state index is 4.95. The van der Waals surface area contributed by atoms with Crippen molar-refractivity contribution in [2.24, 2.45) is 0 Å². The highest BCUT2D eigenvalue weighted by atomic mass is 32.2. The third-order valence-electron chi connectivity index (χ3n) is 4.33. The Morgan fingerprint density at radius 1 is 1.10 bits per heavy atom. The zero-order valence-electron chi connectivity index (χ0n) is 11.5. The Hall–Kier alpha value is -0.680. The molecule has 5 heteroatoms. The highest BCUT2D eigenvalue weighted by Gasteiger charge is 2.28. The van der Waals surface area contributed by atoms with Crippen LogP contribution in [0.15, 0.2) is 18.3 Å². The lowest BCUT2D eigenvalue weighted by atomic mass is 10.1. The zero-order valence-corrected chi connectivity index (χ0v) is 13.1. The summed E-state index contributed by atoms with van der Waals surface area (Å²) in [6.07, 6.45) is 5.71. The summed E-state index contributed by atoms with van der Waals surface area (Å²) in [6.45, 7) is 0. The number of pyridine rings is 1. The molecule has 1 atom stereocenters. The summed E-state index contributed by atoms with van der Waals surface area (Å²) in [5.41, 5.74) is 2.19. The minimum atomic E-state index is 0.608. The first-order chi connectivity index (χ1) is 9.93. The van der Waals surface area contributed by atoms with Crippen LogP contribution in [0.1, 0.15) is 37.0 Å². The molecule has 0 amide bonds. The molecule has 2 aromatic rings. The van der Waals surface area contributed by atoms with Crippen LogP contribution in [0.25, 0.3) is 11.2 Å². The minimum absolute atomic E-state index is 0.608. The van der Waals surface area contributed by atoms with Gasteiger partial charge in [-0.25, -0.2) is 9.97 Å². The van der Waals surface area contributed by atoms with Crippen molar-refractivity contribution in [2.75, 3.05) is 23.0 Å². The third-order valence-corrected chi connectivity index (χ3v) is 6.54. The molecule has 0 saturated carbocycles. The van der Waals surface area contributed by atoms with Crippen LogP contribution in [0.3, 0.4) is 0 Å². The lowest BCUT2D eigenvalue weighted by molar-refractivity contribution is 0.451. The molecule has 3 nitrogen and oxygen atoms in total. The van der Waals surface area contributed by atoms with E-state index in [2.05, 4.69) is 39.1 Å². The molecule has 2 fully saturated rings. The fourth-order valence-electron chi connectivity index (χ4n) is 3.28. The van der Waals surface area contributed by atoms with Crippen molar-refractivity contribution in [2.45, 2.75) is 31.2 Å². The molecule has 0 aliphatic carbocycles. The lowest BCUT2D eigenvalue weighted by Gasteiger charge is -2.26. The van der Waals surface area contributed by atoms with E-state index < -0.39 is 0 Å². The first-order valence-corrected chi connectivity index (χ1v) is 9.73. The average Bonchev–Trinajstić information content (AvgIpc) is 3.15. The number of imidazole rings is 1. The number of nitrogens with zero attached hydrogens (tertiary/aromatic N) is 3. The summed E-state index contributed by atoms with van der Waals surface area (Å²) in [7, 11) is 0. The van der Waals surface area contributed by atoms with Gasteiger partial charge in [0.15, 0.2) is 5.65 Å². The Balaban J connectivity index is 1.83. The van der Waals surface area contributed by atoms with Crippen molar-refractivity contribution in [1.82, 2.24) is 14.5 Å².